The molecule has 6 heteroatoms. The van der Waals surface area contributed by atoms with E-state index < -0.39 is 17.3 Å². The maximum absolute atomic E-state index is 11.5. The normalized spacial score (nSPS) is 12.4. The Hall–Kier alpha value is -1.14. The minimum Gasteiger partial charge on any atom is -0.444 e. The molecule has 1 amide bonds. The lowest BCUT2D eigenvalue weighted by atomic mass is 10.1. The number of hydrogen-bond donors (Lipinski definition) is 2. The summed E-state index contributed by atoms with van der Waals surface area (Å²) in [7, 11) is 0. The van der Waals surface area contributed by atoms with Crippen molar-refractivity contribution in [3.8, 4) is 0 Å². The summed E-state index contributed by atoms with van der Waals surface area (Å²) in [5.74, 6) is 0. The van der Waals surface area contributed by atoms with Crippen molar-refractivity contribution in [2.45, 2.75) is 45.8 Å². The van der Waals surface area contributed by atoms with E-state index in [0.717, 1.165) is 0 Å². The van der Waals surface area contributed by atoms with Gasteiger partial charge in [0.05, 0.1) is 5.69 Å². The molecule has 0 bridgehead atoms. The monoisotopic (exact) mass is 258 g/mol. The number of carbonyl (C=O) groups is 1. The maximum atomic E-state index is 11.5. The minimum atomic E-state index is -1.01. The summed E-state index contributed by atoms with van der Waals surface area (Å²) in [6.45, 7) is 8.64. The third-order valence-electron chi connectivity index (χ3n) is 1.74. The summed E-state index contributed by atoms with van der Waals surface area (Å²) < 4.78 is 5.09. The van der Waals surface area contributed by atoms with Crippen molar-refractivity contribution in [3.05, 3.63) is 11.1 Å². The second-order valence-corrected chi connectivity index (χ2v) is 6.08. The van der Waals surface area contributed by atoms with Crippen LogP contribution in [0.1, 0.15) is 40.3 Å². The van der Waals surface area contributed by atoms with Crippen LogP contribution in [0.25, 0.3) is 0 Å². The van der Waals surface area contributed by atoms with Gasteiger partial charge in [-0.3, -0.25) is 5.32 Å². The Morgan fingerprint density at radius 1 is 1.41 bits per heavy atom. The quantitative estimate of drug-likeness (QED) is 0.855. The zero-order chi connectivity index (χ0) is 13.3. The first-order valence-corrected chi connectivity index (χ1v) is 6.14. The van der Waals surface area contributed by atoms with Crippen LogP contribution in [-0.2, 0) is 10.3 Å². The van der Waals surface area contributed by atoms with Crippen LogP contribution in [0.2, 0.25) is 0 Å². The molecule has 17 heavy (non-hydrogen) atoms. The van der Waals surface area contributed by atoms with Crippen LogP contribution in [0.4, 0.5) is 9.93 Å². The highest BCUT2D eigenvalue weighted by atomic mass is 32.1. The highest BCUT2D eigenvalue weighted by molar-refractivity contribution is 7.13. The average molecular weight is 258 g/mol. The molecular weight excluding hydrogens is 240 g/mol. The number of aliphatic hydroxyl groups is 1. The average Bonchev–Trinajstić information content (AvgIpc) is 2.47. The summed E-state index contributed by atoms with van der Waals surface area (Å²) in [5.41, 5.74) is -1.03. The molecule has 0 aliphatic heterocycles. The lowest BCUT2D eigenvalue weighted by Crippen LogP contribution is -2.27. The van der Waals surface area contributed by atoms with Crippen LogP contribution in [0.3, 0.4) is 0 Å². The molecule has 0 unspecified atom stereocenters. The highest BCUT2D eigenvalue weighted by Crippen LogP contribution is 2.24. The predicted molar refractivity (Wildman–Crippen MR) is 67.2 cm³/mol. The molecule has 0 fully saturated rings. The number of amides is 1. The van der Waals surface area contributed by atoms with Gasteiger partial charge in [0.2, 0.25) is 0 Å². The molecule has 0 radical (unpaired) electrons. The van der Waals surface area contributed by atoms with Crippen molar-refractivity contribution >= 4 is 22.6 Å². The van der Waals surface area contributed by atoms with E-state index in [2.05, 4.69) is 10.3 Å². The number of ether oxygens (including phenoxy) is 1. The van der Waals surface area contributed by atoms with Crippen LogP contribution in [0, 0.1) is 0 Å². The molecule has 0 aromatic carbocycles. The van der Waals surface area contributed by atoms with Gasteiger partial charge in [-0.25, -0.2) is 9.78 Å². The van der Waals surface area contributed by atoms with Crippen molar-refractivity contribution < 1.29 is 14.6 Å². The van der Waals surface area contributed by atoms with Gasteiger partial charge in [-0.1, -0.05) is 0 Å². The first kappa shape index (κ1) is 13.9. The Kier molecular flexibility index (Phi) is 3.78. The van der Waals surface area contributed by atoms with Gasteiger partial charge in [-0.15, -0.1) is 11.3 Å². The van der Waals surface area contributed by atoms with E-state index in [1.807, 2.05) is 0 Å². The third kappa shape index (κ3) is 4.70. The number of anilines is 1. The van der Waals surface area contributed by atoms with Gasteiger partial charge in [0, 0.05) is 5.38 Å². The molecule has 2 N–H and O–H groups in total. The smallest absolute Gasteiger partial charge is 0.413 e. The van der Waals surface area contributed by atoms with E-state index in [9.17, 15) is 9.90 Å². The number of rotatable bonds is 2. The Morgan fingerprint density at radius 2 is 2.00 bits per heavy atom. The molecule has 0 saturated carbocycles. The predicted octanol–water partition coefficient (Wildman–Crippen LogP) is 2.72. The molecule has 1 rings (SSSR count). The SMILES string of the molecule is CC(C)(C)OC(=O)Nc1nc(C(C)(C)O)cs1. The number of hydrogen-bond acceptors (Lipinski definition) is 5. The Labute approximate surface area is 105 Å². The van der Waals surface area contributed by atoms with E-state index in [1.165, 1.54) is 11.3 Å². The first-order chi connectivity index (χ1) is 7.58. The molecule has 0 spiro atoms. The number of thiazole rings is 1. The topological polar surface area (TPSA) is 71.5 Å². The fourth-order valence-corrected chi connectivity index (χ4v) is 1.86. The van der Waals surface area contributed by atoms with Gasteiger partial charge in [-0.2, -0.15) is 0 Å². The number of aromatic nitrogens is 1. The largest absolute Gasteiger partial charge is 0.444 e. The van der Waals surface area contributed by atoms with Crippen molar-refractivity contribution in [1.29, 1.82) is 0 Å². The molecule has 1 aromatic rings. The van der Waals surface area contributed by atoms with E-state index in [1.54, 1.807) is 40.0 Å². The van der Waals surface area contributed by atoms with Crippen LogP contribution in [-0.4, -0.2) is 21.8 Å². The van der Waals surface area contributed by atoms with E-state index in [0.29, 0.717) is 10.8 Å². The van der Waals surface area contributed by atoms with Crippen molar-refractivity contribution in [2.24, 2.45) is 0 Å². The molecule has 5 nitrogen and oxygen atoms in total. The summed E-state index contributed by atoms with van der Waals surface area (Å²) in [5, 5.41) is 14.4. The maximum Gasteiger partial charge on any atom is 0.413 e. The van der Waals surface area contributed by atoms with E-state index >= 15 is 0 Å². The van der Waals surface area contributed by atoms with Crippen LogP contribution < -0.4 is 5.32 Å². The Balaban J connectivity index is 2.65. The highest BCUT2D eigenvalue weighted by Gasteiger charge is 2.21. The zero-order valence-electron chi connectivity index (χ0n) is 10.7. The second-order valence-electron chi connectivity index (χ2n) is 5.22. The van der Waals surface area contributed by atoms with Gasteiger partial charge in [0.25, 0.3) is 0 Å². The van der Waals surface area contributed by atoms with E-state index in [4.69, 9.17) is 4.74 Å². The fraction of sp³-hybridized carbons (Fsp3) is 0.636. The summed E-state index contributed by atoms with van der Waals surface area (Å²) >= 11 is 1.25. The van der Waals surface area contributed by atoms with Crippen molar-refractivity contribution in [2.75, 3.05) is 5.32 Å². The van der Waals surface area contributed by atoms with Gasteiger partial charge in [0.1, 0.15) is 11.2 Å². The number of nitrogens with one attached hydrogen (secondary N) is 1. The van der Waals surface area contributed by atoms with Gasteiger partial charge in [-0.05, 0) is 34.6 Å². The Bertz CT molecular complexity index is 402. The molecular formula is C11H18N2O3S. The molecule has 96 valence electrons. The fourth-order valence-electron chi connectivity index (χ4n) is 1.00. The van der Waals surface area contributed by atoms with Crippen molar-refractivity contribution in [1.82, 2.24) is 4.98 Å². The third-order valence-corrected chi connectivity index (χ3v) is 2.50. The van der Waals surface area contributed by atoms with Crippen LogP contribution in [0.15, 0.2) is 5.38 Å². The molecule has 0 aliphatic carbocycles. The van der Waals surface area contributed by atoms with E-state index in [-0.39, 0.29) is 0 Å². The lowest BCUT2D eigenvalue weighted by Gasteiger charge is -2.19. The second kappa shape index (κ2) is 4.62. The van der Waals surface area contributed by atoms with Crippen LogP contribution >= 0.6 is 11.3 Å². The molecule has 1 heterocycles. The summed E-state index contributed by atoms with van der Waals surface area (Å²) in [4.78, 5) is 15.6. The van der Waals surface area contributed by atoms with Crippen LogP contribution in [0.5, 0.6) is 0 Å². The minimum absolute atomic E-state index is 0.413. The van der Waals surface area contributed by atoms with Gasteiger partial charge >= 0.3 is 6.09 Å². The molecule has 0 aliphatic rings. The lowest BCUT2D eigenvalue weighted by molar-refractivity contribution is 0.0632. The van der Waals surface area contributed by atoms with Gasteiger partial charge < -0.3 is 9.84 Å². The molecule has 0 saturated heterocycles. The first-order valence-electron chi connectivity index (χ1n) is 5.26. The standard InChI is InChI=1S/C11H18N2O3S/c1-10(2,3)16-9(14)13-8-12-7(6-17-8)11(4,5)15/h6,15H,1-5H3,(H,12,13,14). The zero-order valence-corrected chi connectivity index (χ0v) is 11.5. The Morgan fingerprint density at radius 3 is 2.41 bits per heavy atom. The summed E-state index contributed by atoms with van der Waals surface area (Å²) in [6.07, 6.45) is -0.547. The number of carbonyl (C=O) groups excluding carboxylic acids is 1. The molecule has 1 aromatic heterocycles. The molecule has 0 atom stereocenters. The van der Waals surface area contributed by atoms with Gasteiger partial charge in [0.15, 0.2) is 5.13 Å². The summed E-state index contributed by atoms with van der Waals surface area (Å²) in [6, 6.07) is 0. The van der Waals surface area contributed by atoms with Crippen molar-refractivity contribution in [3.63, 3.8) is 0 Å². The number of nitrogens with zero attached hydrogens (tertiary/aromatic N) is 1.